The summed E-state index contributed by atoms with van der Waals surface area (Å²) in [4.78, 5) is 11.1. The fraction of sp³-hybridized carbons (Fsp3) is 0.682. The molecular weight excluding hydrogens is 312 g/mol. The summed E-state index contributed by atoms with van der Waals surface area (Å²) < 4.78 is 11.0. The van der Waals surface area contributed by atoms with Crippen LogP contribution in [-0.2, 0) is 22.6 Å². The minimum absolute atomic E-state index is 0.254. The van der Waals surface area contributed by atoms with Crippen LogP contribution in [-0.4, -0.2) is 5.97 Å². The zero-order valence-electron chi connectivity index (χ0n) is 16.2. The summed E-state index contributed by atoms with van der Waals surface area (Å²) >= 11 is 0. The first-order chi connectivity index (χ1) is 11.7. The van der Waals surface area contributed by atoms with Crippen LogP contribution in [0.25, 0.3) is 0 Å². The molecule has 2 saturated carbocycles. The number of fused-ring (bicyclic) bond motifs is 1. The molecule has 1 aromatic rings. The Kier molecular flexibility index (Phi) is 4.87. The fourth-order valence-electron chi connectivity index (χ4n) is 5.69. The normalized spacial score (nSPS) is 31.4. The molecule has 25 heavy (non-hydrogen) atoms. The molecule has 2 fully saturated rings. The molecule has 1 heterocycles. The van der Waals surface area contributed by atoms with Crippen molar-refractivity contribution < 1.29 is 13.9 Å². The highest BCUT2D eigenvalue weighted by Gasteiger charge is 2.52. The molecule has 1 aromatic heterocycles. The largest absolute Gasteiger partial charge is 0.469 e. The minimum Gasteiger partial charge on any atom is -0.469 e. The molecule has 3 nitrogen and oxygen atoms in total. The van der Waals surface area contributed by atoms with Gasteiger partial charge in [-0.2, -0.15) is 0 Å². The lowest BCUT2D eigenvalue weighted by Crippen LogP contribution is -2.50. The molecule has 0 radical (unpaired) electrons. The fourth-order valence-corrected chi connectivity index (χ4v) is 5.69. The molecule has 3 heteroatoms. The van der Waals surface area contributed by atoms with Gasteiger partial charge in [0.1, 0.15) is 12.4 Å². The molecule has 0 aliphatic heterocycles. The molecular formula is C22H32O3. The van der Waals surface area contributed by atoms with E-state index in [1.807, 2.05) is 6.07 Å². The highest BCUT2D eigenvalue weighted by atomic mass is 16.5. The van der Waals surface area contributed by atoms with Crippen LogP contribution < -0.4 is 0 Å². The summed E-state index contributed by atoms with van der Waals surface area (Å²) in [5.74, 6) is 1.87. The second-order valence-electron chi connectivity index (χ2n) is 9.00. The molecule has 138 valence electrons. The highest BCUT2D eigenvalue weighted by molar-refractivity contribution is 5.65. The van der Waals surface area contributed by atoms with Gasteiger partial charge in [-0.15, -0.1) is 0 Å². The molecule has 0 saturated heterocycles. The van der Waals surface area contributed by atoms with Crippen molar-refractivity contribution in [3.05, 3.63) is 35.8 Å². The molecule has 2 aliphatic carbocycles. The lowest BCUT2D eigenvalue weighted by atomic mass is 9.47. The van der Waals surface area contributed by atoms with Gasteiger partial charge in [-0.3, -0.25) is 4.79 Å². The predicted molar refractivity (Wildman–Crippen MR) is 99.0 cm³/mol. The van der Waals surface area contributed by atoms with Crippen molar-refractivity contribution in [1.82, 2.24) is 0 Å². The number of esters is 1. The minimum atomic E-state index is -0.254. The summed E-state index contributed by atoms with van der Waals surface area (Å²) in [6.45, 7) is 13.5. The van der Waals surface area contributed by atoms with Crippen molar-refractivity contribution >= 4 is 5.97 Å². The Hall–Kier alpha value is -1.51. The van der Waals surface area contributed by atoms with Gasteiger partial charge in [0.05, 0.1) is 6.26 Å². The van der Waals surface area contributed by atoms with Gasteiger partial charge in [0, 0.05) is 18.9 Å². The Labute approximate surface area is 151 Å². The standard InChI is InChI=1S/C22H32O3/c1-15-7-8-20-21(3,4)10-6-11-22(20,5)18(15)13-19-17(9-12-24-19)14-25-16(2)23/h9,12,18,20H,1,6-8,10-11,13-14H2,2-5H3/t18-,20-,22+/m0/s1. The van der Waals surface area contributed by atoms with Gasteiger partial charge in [0.2, 0.25) is 0 Å². The van der Waals surface area contributed by atoms with Crippen LogP contribution in [0.4, 0.5) is 0 Å². The molecule has 0 N–H and O–H groups in total. The second-order valence-corrected chi connectivity index (χ2v) is 9.00. The first-order valence-electron chi connectivity index (χ1n) is 9.60. The number of hydrogen-bond donors (Lipinski definition) is 0. The van der Waals surface area contributed by atoms with Crippen molar-refractivity contribution in [2.45, 2.75) is 72.8 Å². The Morgan fingerprint density at radius 2 is 2.12 bits per heavy atom. The van der Waals surface area contributed by atoms with Gasteiger partial charge < -0.3 is 9.15 Å². The van der Waals surface area contributed by atoms with E-state index in [4.69, 9.17) is 9.15 Å². The molecule has 0 unspecified atom stereocenters. The predicted octanol–water partition coefficient (Wildman–Crippen LogP) is 5.68. The van der Waals surface area contributed by atoms with Crippen LogP contribution in [0.15, 0.2) is 28.9 Å². The lowest BCUT2D eigenvalue weighted by Gasteiger charge is -2.58. The lowest BCUT2D eigenvalue weighted by molar-refractivity contribution is -0.142. The number of hydrogen-bond acceptors (Lipinski definition) is 3. The third kappa shape index (κ3) is 3.43. The van der Waals surface area contributed by atoms with Crippen LogP contribution in [0.2, 0.25) is 0 Å². The van der Waals surface area contributed by atoms with Crippen molar-refractivity contribution in [3.63, 3.8) is 0 Å². The average molecular weight is 344 g/mol. The van der Waals surface area contributed by atoms with Crippen LogP contribution in [0.1, 0.15) is 71.1 Å². The Bertz CT molecular complexity index is 654. The number of carbonyl (C=O) groups is 1. The van der Waals surface area contributed by atoms with Crippen LogP contribution in [0, 0.1) is 22.7 Å². The zero-order chi connectivity index (χ0) is 18.2. The molecule has 0 spiro atoms. The first kappa shape index (κ1) is 18.3. The number of ether oxygens (including phenoxy) is 1. The maximum absolute atomic E-state index is 11.1. The van der Waals surface area contributed by atoms with Gasteiger partial charge in [0.15, 0.2) is 0 Å². The molecule has 3 rings (SSSR count). The van der Waals surface area contributed by atoms with E-state index < -0.39 is 0 Å². The van der Waals surface area contributed by atoms with Gasteiger partial charge >= 0.3 is 5.97 Å². The van der Waals surface area contributed by atoms with Crippen molar-refractivity contribution in [3.8, 4) is 0 Å². The summed E-state index contributed by atoms with van der Waals surface area (Å²) in [6.07, 6.45) is 8.85. The summed E-state index contributed by atoms with van der Waals surface area (Å²) in [6, 6.07) is 1.93. The quantitative estimate of drug-likeness (QED) is 0.521. The molecule has 2 aliphatic rings. The Morgan fingerprint density at radius 1 is 1.36 bits per heavy atom. The smallest absolute Gasteiger partial charge is 0.302 e. The van der Waals surface area contributed by atoms with Crippen LogP contribution in [0.3, 0.4) is 0 Å². The maximum Gasteiger partial charge on any atom is 0.302 e. The van der Waals surface area contributed by atoms with Crippen molar-refractivity contribution in [1.29, 1.82) is 0 Å². The van der Waals surface area contributed by atoms with E-state index in [1.54, 1.807) is 6.26 Å². The highest BCUT2D eigenvalue weighted by Crippen LogP contribution is 2.61. The molecule has 3 atom stereocenters. The van der Waals surface area contributed by atoms with Crippen molar-refractivity contribution in [2.75, 3.05) is 0 Å². The van der Waals surface area contributed by atoms with E-state index in [-0.39, 0.29) is 11.4 Å². The third-order valence-electron chi connectivity index (χ3n) is 6.98. The van der Waals surface area contributed by atoms with E-state index in [9.17, 15) is 4.79 Å². The third-order valence-corrected chi connectivity index (χ3v) is 6.98. The maximum atomic E-state index is 11.1. The van der Waals surface area contributed by atoms with E-state index in [0.717, 1.165) is 30.1 Å². The van der Waals surface area contributed by atoms with E-state index in [0.29, 0.717) is 17.9 Å². The van der Waals surface area contributed by atoms with Gasteiger partial charge in [-0.05, 0) is 54.4 Å². The molecule has 0 aromatic carbocycles. The molecule has 0 bridgehead atoms. The van der Waals surface area contributed by atoms with Gasteiger partial charge in [-0.25, -0.2) is 0 Å². The monoisotopic (exact) mass is 344 g/mol. The second kappa shape index (κ2) is 6.66. The Morgan fingerprint density at radius 3 is 2.84 bits per heavy atom. The molecule has 0 amide bonds. The van der Waals surface area contributed by atoms with Crippen LogP contribution in [0.5, 0.6) is 0 Å². The van der Waals surface area contributed by atoms with E-state index in [1.165, 1.54) is 38.2 Å². The number of allylic oxidation sites excluding steroid dienone is 1. The van der Waals surface area contributed by atoms with Crippen LogP contribution >= 0.6 is 0 Å². The van der Waals surface area contributed by atoms with Crippen molar-refractivity contribution in [2.24, 2.45) is 22.7 Å². The average Bonchev–Trinajstić information content (AvgIpc) is 2.95. The zero-order valence-corrected chi connectivity index (χ0v) is 16.2. The number of rotatable bonds is 4. The summed E-state index contributed by atoms with van der Waals surface area (Å²) in [5, 5.41) is 0. The summed E-state index contributed by atoms with van der Waals surface area (Å²) in [5.41, 5.74) is 3.04. The van der Waals surface area contributed by atoms with E-state index in [2.05, 4.69) is 27.4 Å². The van der Waals surface area contributed by atoms with E-state index >= 15 is 0 Å². The number of carbonyl (C=O) groups excluding carboxylic acids is 1. The SMILES string of the molecule is C=C1CC[C@H]2C(C)(C)CCC[C@]2(C)[C@H]1Cc1occc1COC(C)=O. The topological polar surface area (TPSA) is 39.4 Å². The summed E-state index contributed by atoms with van der Waals surface area (Å²) in [7, 11) is 0. The Balaban J connectivity index is 1.84. The number of furan rings is 1. The van der Waals surface area contributed by atoms with Gasteiger partial charge in [-0.1, -0.05) is 39.3 Å². The van der Waals surface area contributed by atoms with Gasteiger partial charge in [0.25, 0.3) is 0 Å². The first-order valence-corrected chi connectivity index (χ1v) is 9.60.